The van der Waals surface area contributed by atoms with Crippen molar-refractivity contribution in [3.05, 3.63) is 23.8 Å². The number of likely N-dealkylation sites (tertiary alicyclic amines) is 1. The van der Waals surface area contributed by atoms with E-state index in [1.54, 1.807) is 25.3 Å². The van der Waals surface area contributed by atoms with Crippen LogP contribution in [0.5, 0.6) is 5.75 Å². The van der Waals surface area contributed by atoms with Crippen molar-refractivity contribution in [2.24, 2.45) is 11.8 Å². The molecule has 4 nitrogen and oxygen atoms in total. The van der Waals surface area contributed by atoms with Gasteiger partial charge >= 0.3 is 0 Å². The highest BCUT2D eigenvalue weighted by atomic mass is 16.5. The van der Waals surface area contributed by atoms with E-state index in [1.807, 2.05) is 4.90 Å². The number of rotatable bonds is 3. The first-order chi connectivity index (χ1) is 9.52. The summed E-state index contributed by atoms with van der Waals surface area (Å²) in [5.74, 6) is 2.13. The van der Waals surface area contributed by atoms with Crippen molar-refractivity contribution in [2.45, 2.75) is 26.7 Å². The Balaban J connectivity index is 2.05. The third-order valence-corrected chi connectivity index (χ3v) is 4.26. The molecule has 110 valence electrons. The molecule has 0 aliphatic carbocycles. The minimum Gasteiger partial charge on any atom is -0.497 e. The predicted octanol–water partition coefficient (Wildman–Crippen LogP) is 2.79. The van der Waals surface area contributed by atoms with Crippen molar-refractivity contribution in [1.82, 2.24) is 4.90 Å². The number of nitrogens with zero attached hydrogens (tertiary/aromatic N) is 1. The van der Waals surface area contributed by atoms with Crippen molar-refractivity contribution in [1.29, 1.82) is 0 Å². The molecule has 1 heterocycles. The third kappa shape index (κ3) is 3.06. The molecule has 2 N–H and O–H groups in total. The van der Waals surface area contributed by atoms with Crippen molar-refractivity contribution in [3.8, 4) is 5.75 Å². The second-order valence-electron chi connectivity index (χ2n) is 5.83. The molecule has 0 aromatic heterocycles. The van der Waals surface area contributed by atoms with Crippen LogP contribution < -0.4 is 10.5 Å². The lowest BCUT2D eigenvalue weighted by Gasteiger charge is -2.34. The zero-order chi connectivity index (χ0) is 14.7. The maximum absolute atomic E-state index is 12.5. The first-order valence-corrected chi connectivity index (χ1v) is 7.25. The summed E-state index contributed by atoms with van der Waals surface area (Å²) in [5.41, 5.74) is 7.02. The molecule has 0 saturated carbocycles. The average Bonchev–Trinajstić information content (AvgIpc) is 2.46. The number of methoxy groups -OCH3 is 1. The van der Waals surface area contributed by atoms with Crippen LogP contribution in [0.25, 0.3) is 0 Å². The van der Waals surface area contributed by atoms with E-state index in [0.29, 0.717) is 22.9 Å². The molecule has 1 aliphatic rings. The minimum absolute atomic E-state index is 0.0346. The molecule has 4 heteroatoms. The minimum atomic E-state index is 0.0346. The summed E-state index contributed by atoms with van der Waals surface area (Å²) < 4.78 is 5.11. The SMILES string of the molecule is COc1ccc(C(=O)N2CCC(C(C)C)CC2)c(N)c1. The van der Waals surface area contributed by atoms with Crippen LogP contribution in [0.4, 0.5) is 5.69 Å². The fourth-order valence-electron chi connectivity index (χ4n) is 2.80. The first-order valence-electron chi connectivity index (χ1n) is 7.25. The Morgan fingerprint density at radius 3 is 2.50 bits per heavy atom. The highest BCUT2D eigenvalue weighted by Gasteiger charge is 2.26. The van der Waals surface area contributed by atoms with Gasteiger partial charge in [0.25, 0.3) is 5.91 Å². The van der Waals surface area contributed by atoms with Gasteiger partial charge in [0.1, 0.15) is 5.75 Å². The summed E-state index contributed by atoms with van der Waals surface area (Å²) >= 11 is 0. The molecular weight excluding hydrogens is 252 g/mol. The number of nitrogens with two attached hydrogens (primary N) is 1. The molecule has 2 rings (SSSR count). The molecule has 0 atom stereocenters. The normalized spacial score (nSPS) is 16.5. The first kappa shape index (κ1) is 14.7. The molecular formula is C16H24N2O2. The number of ether oxygens (including phenoxy) is 1. The van der Waals surface area contributed by atoms with Crippen LogP contribution in [-0.4, -0.2) is 31.0 Å². The molecule has 1 saturated heterocycles. The zero-order valence-corrected chi connectivity index (χ0v) is 12.6. The number of carbonyl (C=O) groups is 1. The predicted molar refractivity (Wildman–Crippen MR) is 80.9 cm³/mol. The smallest absolute Gasteiger partial charge is 0.255 e. The summed E-state index contributed by atoms with van der Waals surface area (Å²) in [5, 5.41) is 0. The fraction of sp³-hybridized carbons (Fsp3) is 0.562. The van der Waals surface area contributed by atoms with Crippen molar-refractivity contribution >= 4 is 11.6 Å². The molecule has 0 radical (unpaired) electrons. The molecule has 1 aromatic carbocycles. The van der Waals surface area contributed by atoms with Gasteiger partial charge in [-0.15, -0.1) is 0 Å². The average molecular weight is 276 g/mol. The zero-order valence-electron chi connectivity index (χ0n) is 12.6. The Kier molecular flexibility index (Phi) is 4.53. The monoisotopic (exact) mass is 276 g/mol. The van der Waals surface area contributed by atoms with E-state index in [1.165, 1.54) is 0 Å². The molecule has 20 heavy (non-hydrogen) atoms. The van der Waals surface area contributed by atoms with Gasteiger partial charge in [-0.3, -0.25) is 4.79 Å². The number of amides is 1. The number of anilines is 1. The van der Waals surface area contributed by atoms with Crippen LogP contribution in [0.3, 0.4) is 0 Å². The third-order valence-electron chi connectivity index (χ3n) is 4.26. The summed E-state index contributed by atoms with van der Waals surface area (Å²) in [6.07, 6.45) is 2.17. The maximum atomic E-state index is 12.5. The van der Waals surface area contributed by atoms with Crippen LogP contribution in [0.1, 0.15) is 37.0 Å². The highest BCUT2D eigenvalue weighted by Crippen LogP contribution is 2.27. The van der Waals surface area contributed by atoms with E-state index in [-0.39, 0.29) is 5.91 Å². The van der Waals surface area contributed by atoms with Gasteiger partial charge in [0.2, 0.25) is 0 Å². The Hall–Kier alpha value is -1.71. The van der Waals surface area contributed by atoms with Gasteiger partial charge in [-0.25, -0.2) is 0 Å². The Morgan fingerprint density at radius 1 is 1.35 bits per heavy atom. The number of hydrogen-bond acceptors (Lipinski definition) is 3. The molecule has 1 aliphatic heterocycles. The van der Waals surface area contributed by atoms with E-state index in [2.05, 4.69) is 13.8 Å². The van der Waals surface area contributed by atoms with Crippen molar-refractivity contribution in [3.63, 3.8) is 0 Å². The van der Waals surface area contributed by atoms with Crippen LogP contribution in [-0.2, 0) is 0 Å². The molecule has 1 aromatic rings. The standard InChI is InChI=1S/C16H24N2O2/c1-11(2)12-6-8-18(9-7-12)16(19)14-5-4-13(20-3)10-15(14)17/h4-5,10-12H,6-9,17H2,1-3H3. The molecule has 1 amide bonds. The van der Waals surface area contributed by atoms with Crippen LogP contribution >= 0.6 is 0 Å². The summed E-state index contributed by atoms with van der Waals surface area (Å²) in [6.45, 7) is 6.16. The van der Waals surface area contributed by atoms with E-state index >= 15 is 0 Å². The summed E-state index contributed by atoms with van der Waals surface area (Å²) in [7, 11) is 1.59. The number of carbonyl (C=O) groups excluding carboxylic acids is 1. The van der Waals surface area contributed by atoms with Crippen molar-refractivity contribution in [2.75, 3.05) is 25.9 Å². The van der Waals surface area contributed by atoms with Crippen LogP contribution in [0, 0.1) is 11.8 Å². The number of nitrogen functional groups attached to an aromatic ring is 1. The quantitative estimate of drug-likeness (QED) is 0.864. The van der Waals surface area contributed by atoms with Gasteiger partial charge in [0.15, 0.2) is 0 Å². The summed E-state index contributed by atoms with van der Waals surface area (Å²) in [6, 6.07) is 5.24. The summed E-state index contributed by atoms with van der Waals surface area (Å²) in [4.78, 5) is 14.4. The van der Waals surface area contributed by atoms with Crippen molar-refractivity contribution < 1.29 is 9.53 Å². The van der Waals surface area contributed by atoms with E-state index in [4.69, 9.17) is 10.5 Å². The fourth-order valence-corrected chi connectivity index (χ4v) is 2.80. The topological polar surface area (TPSA) is 55.6 Å². The lowest BCUT2D eigenvalue weighted by molar-refractivity contribution is 0.0669. The van der Waals surface area contributed by atoms with Gasteiger partial charge in [-0.1, -0.05) is 13.8 Å². The van der Waals surface area contributed by atoms with E-state index < -0.39 is 0 Å². The second kappa shape index (κ2) is 6.16. The number of piperidine rings is 1. The van der Waals surface area contributed by atoms with Gasteiger partial charge in [0.05, 0.1) is 12.7 Å². The van der Waals surface area contributed by atoms with Gasteiger partial charge in [0, 0.05) is 24.8 Å². The van der Waals surface area contributed by atoms with Crippen LogP contribution in [0.2, 0.25) is 0 Å². The Morgan fingerprint density at radius 2 is 2.00 bits per heavy atom. The van der Waals surface area contributed by atoms with Gasteiger partial charge in [-0.2, -0.15) is 0 Å². The molecule has 1 fully saturated rings. The molecule has 0 spiro atoms. The maximum Gasteiger partial charge on any atom is 0.255 e. The Labute approximate surface area is 120 Å². The van der Waals surface area contributed by atoms with E-state index in [9.17, 15) is 4.79 Å². The molecule has 0 bridgehead atoms. The number of benzene rings is 1. The molecule has 0 unspecified atom stereocenters. The van der Waals surface area contributed by atoms with E-state index in [0.717, 1.165) is 31.8 Å². The van der Waals surface area contributed by atoms with Gasteiger partial charge in [-0.05, 0) is 36.8 Å². The largest absolute Gasteiger partial charge is 0.497 e. The highest BCUT2D eigenvalue weighted by molar-refractivity contribution is 5.99. The Bertz CT molecular complexity index is 477. The van der Waals surface area contributed by atoms with Crippen LogP contribution in [0.15, 0.2) is 18.2 Å². The van der Waals surface area contributed by atoms with Gasteiger partial charge < -0.3 is 15.4 Å². The number of hydrogen-bond donors (Lipinski definition) is 1. The lowest BCUT2D eigenvalue weighted by atomic mass is 9.86. The second-order valence-corrected chi connectivity index (χ2v) is 5.83. The lowest BCUT2D eigenvalue weighted by Crippen LogP contribution is -2.39.